The molecule has 1 aromatic rings. The van der Waals surface area contributed by atoms with Crippen molar-refractivity contribution in [1.29, 1.82) is 0 Å². The van der Waals surface area contributed by atoms with E-state index in [0.717, 1.165) is 13.1 Å². The summed E-state index contributed by atoms with van der Waals surface area (Å²) >= 11 is 1.21. The Balaban J connectivity index is 2.17. The first kappa shape index (κ1) is 11.9. The van der Waals surface area contributed by atoms with Gasteiger partial charge < -0.3 is 5.32 Å². The molecule has 2 nitrogen and oxygen atoms in total. The van der Waals surface area contributed by atoms with Crippen molar-refractivity contribution in [3.8, 4) is 0 Å². The average molecular weight is 250 g/mol. The molecule has 1 N–H and O–H groups in total. The zero-order valence-electron chi connectivity index (χ0n) is 8.90. The number of hydrogen-bond donors (Lipinski definition) is 1. The fraction of sp³-hybridized carbons (Fsp3) is 0.700. The van der Waals surface area contributed by atoms with Gasteiger partial charge in [-0.1, -0.05) is 6.92 Å². The molecule has 1 aliphatic rings. The van der Waals surface area contributed by atoms with Crippen LogP contribution in [-0.2, 0) is 19.0 Å². The second-order valence-corrected chi connectivity index (χ2v) is 5.13. The second-order valence-electron chi connectivity index (χ2n) is 3.96. The standard InChI is InChI=1S/C10H13F3N2S/c1-2-7-9(10(11,12)13)15-8(16-7)3-6-4-14-5-6/h6,14H,2-5H2,1H3. The molecule has 2 rings (SSSR count). The molecule has 1 fully saturated rings. The number of aromatic nitrogens is 1. The molecule has 0 radical (unpaired) electrons. The highest BCUT2D eigenvalue weighted by Crippen LogP contribution is 2.35. The lowest BCUT2D eigenvalue weighted by Crippen LogP contribution is -2.43. The molecule has 0 aliphatic carbocycles. The molecule has 16 heavy (non-hydrogen) atoms. The zero-order valence-corrected chi connectivity index (χ0v) is 9.71. The van der Waals surface area contributed by atoms with E-state index in [9.17, 15) is 13.2 Å². The fourth-order valence-electron chi connectivity index (χ4n) is 1.69. The molecule has 1 saturated heterocycles. The number of nitrogens with zero attached hydrogens (tertiary/aromatic N) is 1. The summed E-state index contributed by atoms with van der Waals surface area (Å²) in [4.78, 5) is 4.10. The molecule has 2 heterocycles. The average Bonchev–Trinajstić information content (AvgIpc) is 2.54. The van der Waals surface area contributed by atoms with Crippen LogP contribution in [0.25, 0.3) is 0 Å². The van der Waals surface area contributed by atoms with Gasteiger partial charge in [0.25, 0.3) is 0 Å². The van der Waals surface area contributed by atoms with Gasteiger partial charge in [0.1, 0.15) is 0 Å². The minimum absolute atomic E-state index is 0.356. The van der Waals surface area contributed by atoms with Crippen molar-refractivity contribution in [2.24, 2.45) is 5.92 Å². The van der Waals surface area contributed by atoms with Crippen LogP contribution in [-0.4, -0.2) is 18.1 Å². The van der Waals surface area contributed by atoms with Crippen molar-refractivity contribution in [2.75, 3.05) is 13.1 Å². The number of thiazole rings is 1. The largest absolute Gasteiger partial charge is 0.434 e. The molecule has 0 saturated carbocycles. The lowest BCUT2D eigenvalue weighted by molar-refractivity contribution is -0.141. The predicted molar refractivity (Wildman–Crippen MR) is 56.6 cm³/mol. The van der Waals surface area contributed by atoms with E-state index in [1.165, 1.54) is 11.3 Å². The summed E-state index contributed by atoms with van der Waals surface area (Å²) in [6.07, 6.45) is -3.24. The smallest absolute Gasteiger partial charge is 0.316 e. The lowest BCUT2D eigenvalue weighted by Gasteiger charge is -2.25. The number of alkyl halides is 3. The highest BCUT2D eigenvalue weighted by atomic mass is 32.1. The Morgan fingerprint density at radius 3 is 2.50 bits per heavy atom. The Morgan fingerprint density at radius 2 is 2.12 bits per heavy atom. The maximum absolute atomic E-state index is 12.6. The summed E-state index contributed by atoms with van der Waals surface area (Å²) in [6, 6.07) is 0. The van der Waals surface area contributed by atoms with E-state index in [1.54, 1.807) is 6.92 Å². The summed E-state index contributed by atoms with van der Waals surface area (Å²) in [6.45, 7) is 3.52. The van der Waals surface area contributed by atoms with Gasteiger partial charge in [-0.15, -0.1) is 11.3 Å². The Morgan fingerprint density at radius 1 is 1.44 bits per heavy atom. The van der Waals surface area contributed by atoms with Gasteiger partial charge in [0.05, 0.1) is 5.01 Å². The molecule has 0 amide bonds. The molecular weight excluding hydrogens is 237 g/mol. The van der Waals surface area contributed by atoms with E-state index < -0.39 is 11.9 Å². The van der Waals surface area contributed by atoms with E-state index in [2.05, 4.69) is 10.3 Å². The van der Waals surface area contributed by atoms with Crippen molar-refractivity contribution in [3.05, 3.63) is 15.6 Å². The first-order valence-corrected chi connectivity index (χ1v) is 6.08. The monoisotopic (exact) mass is 250 g/mol. The Bertz CT molecular complexity index is 369. The van der Waals surface area contributed by atoms with Crippen LogP contribution in [0.1, 0.15) is 22.5 Å². The molecule has 0 unspecified atom stereocenters. The van der Waals surface area contributed by atoms with Crippen LogP contribution in [0.15, 0.2) is 0 Å². The Labute approximate surface area is 95.9 Å². The number of rotatable bonds is 3. The summed E-state index contributed by atoms with van der Waals surface area (Å²) in [5, 5.41) is 3.72. The summed E-state index contributed by atoms with van der Waals surface area (Å²) in [5.41, 5.74) is -0.678. The van der Waals surface area contributed by atoms with Crippen molar-refractivity contribution in [1.82, 2.24) is 10.3 Å². The molecule has 0 spiro atoms. The molecule has 0 bridgehead atoms. The van der Waals surface area contributed by atoms with Crippen LogP contribution < -0.4 is 5.32 Å². The molecule has 1 aromatic heterocycles. The topological polar surface area (TPSA) is 24.9 Å². The van der Waals surface area contributed by atoms with Gasteiger partial charge in [-0.2, -0.15) is 13.2 Å². The van der Waals surface area contributed by atoms with Crippen LogP contribution in [0, 0.1) is 5.92 Å². The van der Waals surface area contributed by atoms with Crippen LogP contribution in [0.3, 0.4) is 0 Å². The Hall–Kier alpha value is -0.620. The zero-order chi connectivity index (χ0) is 11.8. The normalized spacial score (nSPS) is 17.5. The van der Waals surface area contributed by atoms with Crippen molar-refractivity contribution >= 4 is 11.3 Å². The minimum Gasteiger partial charge on any atom is -0.316 e. The van der Waals surface area contributed by atoms with E-state index in [-0.39, 0.29) is 0 Å². The van der Waals surface area contributed by atoms with Gasteiger partial charge in [0.15, 0.2) is 5.69 Å². The number of aryl methyl sites for hydroxylation is 1. The molecule has 1 aliphatic heterocycles. The predicted octanol–water partition coefficient (Wildman–Crippen LogP) is 2.49. The van der Waals surface area contributed by atoms with Gasteiger partial charge >= 0.3 is 6.18 Å². The highest BCUT2D eigenvalue weighted by Gasteiger charge is 2.37. The maximum Gasteiger partial charge on any atom is 0.434 e. The summed E-state index contributed by atoms with van der Waals surface area (Å²) < 4.78 is 37.8. The third-order valence-corrected chi connectivity index (χ3v) is 3.88. The van der Waals surface area contributed by atoms with Crippen LogP contribution in [0.4, 0.5) is 13.2 Å². The molecule has 0 aromatic carbocycles. The van der Waals surface area contributed by atoms with Crippen molar-refractivity contribution < 1.29 is 13.2 Å². The third kappa shape index (κ3) is 2.38. The van der Waals surface area contributed by atoms with Crippen molar-refractivity contribution in [2.45, 2.75) is 25.9 Å². The van der Waals surface area contributed by atoms with Gasteiger partial charge in [0.2, 0.25) is 0 Å². The first-order valence-electron chi connectivity index (χ1n) is 5.27. The third-order valence-electron chi connectivity index (χ3n) is 2.66. The highest BCUT2D eigenvalue weighted by molar-refractivity contribution is 7.11. The van der Waals surface area contributed by atoms with Crippen LogP contribution >= 0.6 is 11.3 Å². The van der Waals surface area contributed by atoms with Gasteiger partial charge in [-0.05, 0) is 25.4 Å². The summed E-state index contributed by atoms with van der Waals surface area (Å²) in [5.74, 6) is 0.455. The van der Waals surface area contributed by atoms with Crippen LogP contribution in [0.2, 0.25) is 0 Å². The van der Waals surface area contributed by atoms with Crippen molar-refractivity contribution in [3.63, 3.8) is 0 Å². The first-order chi connectivity index (χ1) is 7.50. The fourth-order valence-corrected chi connectivity index (χ4v) is 2.83. The number of hydrogen-bond acceptors (Lipinski definition) is 3. The number of nitrogens with one attached hydrogen (secondary N) is 1. The second kappa shape index (κ2) is 4.33. The maximum atomic E-state index is 12.6. The van der Waals surface area contributed by atoms with Gasteiger partial charge in [-0.25, -0.2) is 4.98 Å². The lowest BCUT2D eigenvalue weighted by atomic mass is 10.0. The van der Waals surface area contributed by atoms with E-state index >= 15 is 0 Å². The summed E-state index contributed by atoms with van der Waals surface area (Å²) in [7, 11) is 0. The molecule has 6 heteroatoms. The molecule has 90 valence electrons. The van der Waals surface area contributed by atoms with Gasteiger partial charge in [0, 0.05) is 11.3 Å². The van der Waals surface area contributed by atoms with Crippen LogP contribution in [0.5, 0.6) is 0 Å². The number of halogens is 3. The SMILES string of the molecule is CCc1sc(CC2CNC2)nc1C(F)(F)F. The minimum atomic E-state index is -4.31. The molecular formula is C10H13F3N2S. The van der Waals surface area contributed by atoms with E-state index in [0.29, 0.717) is 28.6 Å². The Kier molecular flexibility index (Phi) is 3.21. The van der Waals surface area contributed by atoms with Gasteiger partial charge in [-0.3, -0.25) is 0 Å². The van der Waals surface area contributed by atoms with E-state index in [4.69, 9.17) is 0 Å². The quantitative estimate of drug-likeness (QED) is 0.891. The molecule has 0 atom stereocenters. The van der Waals surface area contributed by atoms with E-state index in [1.807, 2.05) is 0 Å².